The van der Waals surface area contributed by atoms with E-state index in [1.54, 1.807) is 0 Å². The summed E-state index contributed by atoms with van der Waals surface area (Å²) in [5, 5.41) is 3.19. The number of rotatable bonds is 5. The van der Waals surface area contributed by atoms with Crippen LogP contribution in [-0.2, 0) is 4.79 Å². The molecule has 2 aromatic rings. The summed E-state index contributed by atoms with van der Waals surface area (Å²) in [5.41, 5.74) is 2.94. The molecular weight excluding hydrogens is 338 g/mol. The van der Waals surface area contributed by atoms with Crippen LogP contribution in [0.15, 0.2) is 42.5 Å². The second-order valence-electron chi connectivity index (χ2n) is 8.00. The van der Waals surface area contributed by atoms with Crippen LogP contribution < -0.4 is 14.8 Å². The highest BCUT2D eigenvalue weighted by Crippen LogP contribution is 2.39. The molecule has 1 amide bonds. The third kappa shape index (κ3) is 4.62. The number of ether oxygens (including phenoxy) is 2. The van der Waals surface area contributed by atoms with Crippen LogP contribution in [0.1, 0.15) is 56.3 Å². The molecule has 0 saturated heterocycles. The first-order chi connectivity index (χ1) is 12.8. The minimum atomic E-state index is -0.524. The maximum atomic E-state index is 13.0. The van der Waals surface area contributed by atoms with Gasteiger partial charge in [-0.05, 0) is 63.4 Å². The molecule has 144 valence electrons. The number of aryl methyl sites for hydroxylation is 2. The molecule has 0 spiro atoms. The largest absolute Gasteiger partial charge is 0.487 e. The maximum Gasteiger partial charge on any atom is 0.261 e. The minimum absolute atomic E-state index is 0.0886. The van der Waals surface area contributed by atoms with Crippen molar-refractivity contribution in [2.24, 2.45) is 0 Å². The lowest BCUT2D eigenvalue weighted by Gasteiger charge is -2.38. The van der Waals surface area contributed by atoms with Gasteiger partial charge in [0.2, 0.25) is 0 Å². The molecule has 3 rings (SSSR count). The van der Waals surface area contributed by atoms with Gasteiger partial charge >= 0.3 is 0 Å². The van der Waals surface area contributed by atoms with Gasteiger partial charge in [-0.1, -0.05) is 31.2 Å². The third-order valence-corrected chi connectivity index (χ3v) is 4.83. The van der Waals surface area contributed by atoms with E-state index < -0.39 is 6.10 Å². The Bertz CT molecular complexity index is 808. The number of benzene rings is 2. The number of fused-ring (bicyclic) bond motifs is 1. The first-order valence-electron chi connectivity index (χ1n) is 9.60. The Morgan fingerprint density at radius 2 is 1.89 bits per heavy atom. The van der Waals surface area contributed by atoms with E-state index in [0.717, 1.165) is 34.6 Å². The topological polar surface area (TPSA) is 47.6 Å². The van der Waals surface area contributed by atoms with Gasteiger partial charge in [-0.25, -0.2) is 0 Å². The van der Waals surface area contributed by atoms with Gasteiger partial charge in [-0.2, -0.15) is 0 Å². The Morgan fingerprint density at radius 1 is 1.22 bits per heavy atom. The van der Waals surface area contributed by atoms with Crippen molar-refractivity contribution < 1.29 is 14.3 Å². The standard InChI is InChI=1S/C23H29NO3/c1-6-20(26-17-12-15(2)11-16(3)13-17)22(25)24-19-14-23(4,5)27-21-10-8-7-9-18(19)21/h7-13,19-20H,6,14H2,1-5H3,(H,24,25)/t19-,20+/m0/s1. The van der Waals surface area contributed by atoms with Gasteiger partial charge in [0, 0.05) is 12.0 Å². The van der Waals surface area contributed by atoms with Gasteiger partial charge in [0.25, 0.3) is 5.91 Å². The Labute approximate surface area is 161 Å². The fourth-order valence-electron chi connectivity index (χ4n) is 3.68. The van der Waals surface area contributed by atoms with Crippen molar-refractivity contribution in [3.63, 3.8) is 0 Å². The molecule has 1 N–H and O–H groups in total. The molecule has 0 unspecified atom stereocenters. The molecule has 0 aromatic heterocycles. The molecule has 0 fully saturated rings. The summed E-state index contributed by atoms with van der Waals surface area (Å²) in [6, 6.07) is 13.8. The van der Waals surface area contributed by atoms with Crippen molar-refractivity contribution >= 4 is 5.91 Å². The van der Waals surface area contributed by atoms with Gasteiger partial charge < -0.3 is 14.8 Å². The average molecular weight is 367 g/mol. The molecule has 27 heavy (non-hydrogen) atoms. The van der Waals surface area contributed by atoms with Crippen LogP contribution >= 0.6 is 0 Å². The van der Waals surface area contributed by atoms with E-state index in [9.17, 15) is 4.79 Å². The lowest BCUT2D eigenvalue weighted by atomic mass is 9.89. The SMILES string of the molecule is CC[C@@H](Oc1cc(C)cc(C)c1)C(=O)N[C@H]1CC(C)(C)Oc2ccccc21. The summed E-state index contributed by atoms with van der Waals surface area (Å²) in [5.74, 6) is 1.48. The van der Waals surface area contributed by atoms with E-state index >= 15 is 0 Å². The van der Waals surface area contributed by atoms with E-state index in [4.69, 9.17) is 9.47 Å². The molecule has 0 bridgehead atoms. The van der Waals surface area contributed by atoms with Crippen molar-refractivity contribution in [3.05, 3.63) is 59.2 Å². The fraction of sp³-hybridized carbons (Fsp3) is 0.435. The molecule has 4 heteroatoms. The normalized spacial score (nSPS) is 18.8. The Balaban J connectivity index is 1.76. The van der Waals surface area contributed by atoms with Crippen LogP contribution in [0.5, 0.6) is 11.5 Å². The molecule has 1 aliphatic heterocycles. The second-order valence-corrected chi connectivity index (χ2v) is 8.00. The highest BCUT2D eigenvalue weighted by Gasteiger charge is 2.35. The van der Waals surface area contributed by atoms with Crippen LogP contribution in [0.25, 0.3) is 0 Å². The van der Waals surface area contributed by atoms with Crippen molar-refractivity contribution in [1.82, 2.24) is 5.32 Å². The van der Waals surface area contributed by atoms with E-state index in [1.807, 2.05) is 71.0 Å². The molecule has 1 aliphatic rings. The zero-order valence-electron chi connectivity index (χ0n) is 16.8. The van der Waals surface area contributed by atoms with Crippen LogP contribution in [-0.4, -0.2) is 17.6 Å². The van der Waals surface area contributed by atoms with Gasteiger partial charge in [0.1, 0.15) is 17.1 Å². The lowest BCUT2D eigenvalue weighted by Crippen LogP contribution is -2.45. The van der Waals surface area contributed by atoms with Crippen LogP contribution in [0.2, 0.25) is 0 Å². The summed E-state index contributed by atoms with van der Waals surface area (Å²) in [6.45, 7) is 10.1. The molecule has 2 atom stereocenters. The molecule has 0 aliphatic carbocycles. The number of hydrogen-bond acceptors (Lipinski definition) is 3. The first-order valence-corrected chi connectivity index (χ1v) is 9.60. The summed E-state index contributed by atoms with van der Waals surface area (Å²) in [6.07, 6.45) is 0.798. The number of amides is 1. The molecule has 4 nitrogen and oxygen atoms in total. The monoisotopic (exact) mass is 367 g/mol. The molecule has 0 saturated carbocycles. The number of nitrogens with one attached hydrogen (secondary N) is 1. The van der Waals surface area contributed by atoms with Gasteiger partial charge in [0.05, 0.1) is 6.04 Å². The van der Waals surface area contributed by atoms with Crippen molar-refractivity contribution in [2.45, 2.75) is 65.2 Å². The zero-order chi connectivity index (χ0) is 19.6. The summed E-state index contributed by atoms with van der Waals surface area (Å²) < 4.78 is 12.1. The van der Waals surface area contributed by atoms with Crippen LogP contribution in [0.3, 0.4) is 0 Å². The minimum Gasteiger partial charge on any atom is -0.487 e. The molecule has 1 heterocycles. The summed E-state index contributed by atoms with van der Waals surface area (Å²) in [4.78, 5) is 13.0. The summed E-state index contributed by atoms with van der Waals surface area (Å²) >= 11 is 0. The smallest absolute Gasteiger partial charge is 0.261 e. The quantitative estimate of drug-likeness (QED) is 0.819. The average Bonchev–Trinajstić information content (AvgIpc) is 2.57. The Hall–Kier alpha value is -2.49. The number of carbonyl (C=O) groups is 1. The highest BCUT2D eigenvalue weighted by molar-refractivity contribution is 5.81. The van der Waals surface area contributed by atoms with E-state index in [-0.39, 0.29) is 17.6 Å². The van der Waals surface area contributed by atoms with Crippen molar-refractivity contribution in [3.8, 4) is 11.5 Å². The second kappa shape index (κ2) is 7.63. The van der Waals surface area contributed by atoms with Gasteiger partial charge in [-0.3, -0.25) is 4.79 Å². The maximum absolute atomic E-state index is 13.0. The predicted octanol–water partition coefficient (Wildman–Crippen LogP) is 4.88. The Morgan fingerprint density at radius 3 is 2.56 bits per heavy atom. The van der Waals surface area contributed by atoms with Crippen molar-refractivity contribution in [1.29, 1.82) is 0 Å². The first kappa shape index (κ1) is 19.3. The lowest BCUT2D eigenvalue weighted by molar-refractivity contribution is -0.129. The third-order valence-electron chi connectivity index (χ3n) is 4.83. The number of hydrogen-bond donors (Lipinski definition) is 1. The number of carbonyl (C=O) groups excluding carboxylic acids is 1. The highest BCUT2D eigenvalue weighted by atomic mass is 16.5. The van der Waals surface area contributed by atoms with Crippen LogP contribution in [0.4, 0.5) is 0 Å². The van der Waals surface area contributed by atoms with Crippen LogP contribution in [0, 0.1) is 13.8 Å². The summed E-state index contributed by atoms with van der Waals surface area (Å²) in [7, 11) is 0. The number of para-hydroxylation sites is 1. The molecular formula is C23H29NO3. The van der Waals surface area contributed by atoms with E-state index in [2.05, 4.69) is 11.4 Å². The fourth-order valence-corrected chi connectivity index (χ4v) is 3.68. The van der Waals surface area contributed by atoms with E-state index in [0.29, 0.717) is 6.42 Å². The predicted molar refractivity (Wildman–Crippen MR) is 107 cm³/mol. The van der Waals surface area contributed by atoms with Crippen molar-refractivity contribution in [2.75, 3.05) is 0 Å². The molecule has 2 aromatic carbocycles. The van der Waals surface area contributed by atoms with Gasteiger partial charge in [-0.15, -0.1) is 0 Å². The molecule has 0 radical (unpaired) electrons. The van der Waals surface area contributed by atoms with E-state index in [1.165, 1.54) is 0 Å². The zero-order valence-corrected chi connectivity index (χ0v) is 16.8. The van der Waals surface area contributed by atoms with Gasteiger partial charge in [0.15, 0.2) is 6.10 Å². The Kier molecular flexibility index (Phi) is 5.45.